The van der Waals surface area contributed by atoms with Gasteiger partial charge in [0.15, 0.2) is 0 Å². The number of nitrogens with zero attached hydrogens (tertiary/aromatic N) is 4. The number of fused-ring (bicyclic) bond motifs is 1. The van der Waals surface area contributed by atoms with E-state index in [1.165, 1.54) is 0 Å². The van der Waals surface area contributed by atoms with E-state index in [1.54, 1.807) is 16.0 Å². The fraction of sp³-hybridized carbons (Fsp3) is 0.381. The quantitative estimate of drug-likeness (QED) is 0.760. The molecule has 7 nitrogen and oxygen atoms in total. The largest absolute Gasteiger partial charge is 0.349 e. The number of aryl methyl sites for hydroxylation is 1. The summed E-state index contributed by atoms with van der Waals surface area (Å²) < 4.78 is 2.12. The van der Waals surface area contributed by atoms with Crippen molar-refractivity contribution in [3.05, 3.63) is 47.4 Å². The number of rotatable bonds is 3. The summed E-state index contributed by atoms with van der Waals surface area (Å²) in [4.78, 5) is 29.5. The Labute approximate surface area is 163 Å². The SMILES string of the molecule is CCn1c(C)cc(C(=O)N2CC(=O)N(c3ccc4cn[nH]c4c3)CC2C)c1C. The Morgan fingerprint density at radius 2 is 2.07 bits per heavy atom. The number of hydrogen-bond acceptors (Lipinski definition) is 3. The van der Waals surface area contributed by atoms with Gasteiger partial charge in [-0.05, 0) is 52.0 Å². The minimum absolute atomic E-state index is 0.0719. The summed E-state index contributed by atoms with van der Waals surface area (Å²) in [5.74, 6) is -0.146. The van der Waals surface area contributed by atoms with Crippen molar-refractivity contribution in [3.8, 4) is 0 Å². The van der Waals surface area contributed by atoms with Crippen molar-refractivity contribution in [2.45, 2.75) is 40.3 Å². The molecule has 1 saturated heterocycles. The van der Waals surface area contributed by atoms with Gasteiger partial charge in [-0.1, -0.05) is 0 Å². The average molecular weight is 379 g/mol. The third kappa shape index (κ3) is 2.87. The lowest BCUT2D eigenvalue weighted by Crippen LogP contribution is -2.57. The zero-order valence-electron chi connectivity index (χ0n) is 16.7. The van der Waals surface area contributed by atoms with Crippen LogP contribution < -0.4 is 4.90 Å². The molecule has 1 aliphatic rings. The Morgan fingerprint density at radius 1 is 1.29 bits per heavy atom. The van der Waals surface area contributed by atoms with E-state index in [4.69, 9.17) is 0 Å². The minimum Gasteiger partial charge on any atom is -0.349 e. The first kappa shape index (κ1) is 18.3. The zero-order chi connectivity index (χ0) is 20.0. The van der Waals surface area contributed by atoms with Crippen molar-refractivity contribution in [1.29, 1.82) is 0 Å². The maximum Gasteiger partial charge on any atom is 0.256 e. The number of carbonyl (C=O) groups excluding carboxylic acids is 2. The predicted octanol–water partition coefficient (Wildman–Crippen LogP) is 2.88. The van der Waals surface area contributed by atoms with Gasteiger partial charge in [0, 0.05) is 41.6 Å². The summed E-state index contributed by atoms with van der Waals surface area (Å²) in [5.41, 5.74) is 4.42. The zero-order valence-corrected chi connectivity index (χ0v) is 16.7. The van der Waals surface area contributed by atoms with Gasteiger partial charge in [-0.2, -0.15) is 5.10 Å². The second-order valence-electron chi connectivity index (χ2n) is 7.46. The number of hydrogen-bond donors (Lipinski definition) is 1. The van der Waals surface area contributed by atoms with Gasteiger partial charge < -0.3 is 14.4 Å². The van der Waals surface area contributed by atoms with Gasteiger partial charge in [-0.15, -0.1) is 0 Å². The molecule has 2 aromatic heterocycles. The Morgan fingerprint density at radius 3 is 2.79 bits per heavy atom. The van der Waals surface area contributed by atoms with Gasteiger partial charge in [0.25, 0.3) is 5.91 Å². The highest BCUT2D eigenvalue weighted by molar-refractivity contribution is 6.03. The lowest BCUT2D eigenvalue weighted by molar-refractivity contribution is -0.121. The Bertz CT molecular complexity index is 1060. The third-order valence-corrected chi connectivity index (χ3v) is 5.70. The molecule has 0 saturated carbocycles. The molecule has 1 aliphatic heterocycles. The van der Waals surface area contributed by atoms with Crippen LogP contribution in [-0.4, -0.2) is 50.6 Å². The number of nitrogens with one attached hydrogen (secondary N) is 1. The third-order valence-electron chi connectivity index (χ3n) is 5.70. The highest BCUT2D eigenvalue weighted by atomic mass is 16.2. The molecule has 3 aromatic rings. The maximum atomic E-state index is 13.2. The summed E-state index contributed by atoms with van der Waals surface area (Å²) in [5, 5.41) is 7.97. The Hall–Kier alpha value is -3.09. The lowest BCUT2D eigenvalue weighted by Gasteiger charge is -2.39. The van der Waals surface area contributed by atoms with Crippen molar-refractivity contribution in [3.63, 3.8) is 0 Å². The Balaban J connectivity index is 1.58. The summed E-state index contributed by atoms with van der Waals surface area (Å²) in [6, 6.07) is 7.65. The molecule has 1 aromatic carbocycles. The molecule has 28 heavy (non-hydrogen) atoms. The number of piperazine rings is 1. The molecule has 2 amide bonds. The number of aromatic amines is 1. The number of benzene rings is 1. The highest BCUT2D eigenvalue weighted by Gasteiger charge is 2.34. The molecule has 3 heterocycles. The van der Waals surface area contributed by atoms with E-state index in [2.05, 4.69) is 21.7 Å². The van der Waals surface area contributed by atoms with Crippen LogP contribution in [0.5, 0.6) is 0 Å². The normalized spacial score (nSPS) is 17.6. The van der Waals surface area contributed by atoms with E-state index in [1.807, 2.05) is 45.0 Å². The van der Waals surface area contributed by atoms with Crippen molar-refractivity contribution in [1.82, 2.24) is 19.7 Å². The molecule has 1 atom stereocenters. The number of aromatic nitrogens is 3. The van der Waals surface area contributed by atoms with Gasteiger partial charge in [0.05, 0.1) is 17.3 Å². The van der Waals surface area contributed by atoms with Crippen LogP contribution >= 0.6 is 0 Å². The molecule has 0 bridgehead atoms. The van der Waals surface area contributed by atoms with Crippen LogP contribution in [0, 0.1) is 13.8 Å². The van der Waals surface area contributed by atoms with E-state index in [9.17, 15) is 9.59 Å². The summed E-state index contributed by atoms with van der Waals surface area (Å²) in [6.07, 6.45) is 1.76. The fourth-order valence-corrected chi connectivity index (χ4v) is 4.12. The number of H-pyrrole nitrogens is 1. The molecule has 0 aliphatic carbocycles. The number of amides is 2. The van der Waals surface area contributed by atoms with Crippen molar-refractivity contribution in [2.24, 2.45) is 0 Å². The van der Waals surface area contributed by atoms with Crippen LogP contribution in [0.2, 0.25) is 0 Å². The molecule has 146 valence electrons. The smallest absolute Gasteiger partial charge is 0.256 e. The van der Waals surface area contributed by atoms with Crippen molar-refractivity contribution < 1.29 is 9.59 Å². The monoisotopic (exact) mass is 379 g/mol. The molecule has 1 N–H and O–H groups in total. The number of anilines is 1. The molecule has 0 spiro atoms. The molecule has 4 rings (SSSR count). The standard InChI is InChI=1S/C21H25N5O2/c1-5-24-13(2)8-18(15(24)4)21(28)25-12-20(27)26(11-14(25)3)17-7-6-16-10-22-23-19(16)9-17/h6-10,14H,5,11-12H2,1-4H3,(H,22,23). The first-order valence-corrected chi connectivity index (χ1v) is 9.62. The average Bonchev–Trinajstić information content (AvgIpc) is 3.25. The first-order chi connectivity index (χ1) is 13.4. The van der Waals surface area contributed by atoms with Crippen LogP contribution in [0.15, 0.2) is 30.5 Å². The van der Waals surface area contributed by atoms with Crippen LogP contribution in [0.1, 0.15) is 35.6 Å². The lowest BCUT2D eigenvalue weighted by atomic mass is 10.1. The van der Waals surface area contributed by atoms with E-state index >= 15 is 0 Å². The van der Waals surface area contributed by atoms with Crippen LogP contribution in [0.25, 0.3) is 10.9 Å². The van der Waals surface area contributed by atoms with Crippen molar-refractivity contribution >= 4 is 28.4 Å². The van der Waals surface area contributed by atoms with Gasteiger partial charge in [-0.3, -0.25) is 14.7 Å². The minimum atomic E-state index is -0.0765. The van der Waals surface area contributed by atoms with Gasteiger partial charge >= 0.3 is 0 Å². The van der Waals surface area contributed by atoms with Crippen LogP contribution in [0.4, 0.5) is 5.69 Å². The topological polar surface area (TPSA) is 74.2 Å². The van der Waals surface area contributed by atoms with Crippen LogP contribution in [0.3, 0.4) is 0 Å². The van der Waals surface area contributed by atoms with E-state index in [-0.39, 0.29) is 24.4 Å². The van der Waals surface area contributed by atoms with E-state index in [0.717, 1.165) is 34.5 Å². The highest BCUT2D eigenvalue weighted by Crippen LogP contribution is 2.26. The number of carbonyl (C=O) groups is 2. The molecule has 1 unspecified atom stereocenters. The van der Waals surface area contributed by atoms with E-state index < -0.39 is 0 Å². The van der Waals surface area contributed by atoms with Crippen molar-refractivity contribution in [2.75, 3.05) is 18.0 Å². The van der Waals surface area contributed by atoms with E-state index in [0.29, 0.717) is 12.1 Å². The Kier molecular flexibility index (Phi) is 4.45. The van der Waals surface area contributed by atoms with Gasteiger partial charge in [0.2, 0.25) is 5.91 Å². The fourth-order valence-electron chi connectivity index (χ4n) is 4.12. The summed E-state index contributed by atoms with van der Waals surface area (Å²) in [6.45, 7) is 9.40. The molecular formula is C21H25N5O2. The summed E-state index contributed by atoms with van der Waals surface area (Å²) in [7, 11) is 0. The second-order valence-corrected chi connectivity index (χ2v) is 7.46. The molecule has 1 fully saturated rings. The molecule has 7 heteroatoms. The van der Waals surface area contributed by atoms with Gasteiger partial charge in [-0.25, -0.2) is 0 Å². The summed E-state index contributed by atoms with van der Waals surface area (Å²) >= 11 is 0. The molecular weight excluding hydrogens is 354 g/mol. The second kappa shape index (κ2) is 6.82. The first-order valence-electron chi connectivity index (χ1n) is 9.62. The maximum absolute atomic E-state index is 13.2. The van der Waals surface area contributed by atoms with Gasteiger partial charge in [0.1, 0.15) is 6.54 Å². The predicted molar refractivity (Wildman–Crippen MR) is 109 cm³/mol. The molecule has 0 radical (unpaired) electrons. The van der Waals surface area contributed by atoms with Crippen LogP contribution in [-0.2, 0) is 11.3 Å².